The molecule has 0 aromatic heterocycles. The summed E-state index contributed by atoms with van der Waals surface area (Å²) in [5.74, 6) is 0.269. The Morgan fingerprint density at radius 2 is 1.86 bits per heavy atom. The highest BCUT2D eigenvalue weighted by Crippen LogP contribution is 2.21. The molecule has 0 aliphatic heterocycles. The molecule has 2 amide bonds. The quantitative estimate of drug-likeness (QED) is 0.900. The Balaban J connectivity index is 2.07. The fourth-order valence-corrected chi connectivity index (χ4v) is 1.92. The average molecular weight is 300 g/mol. The Hall–Kier alpha value is -3.02. The van der Waals surface area contributed by atoms with Crippen molar-refractivity contribution in [1.82, 2.24) is 0 Å². The van der Waals surface area contributed by atoms with Crippen LogP contribution in [0.25, 0.3) is 0 Å². The molecular formula is C16H16N2O4. The molecule has 0 radical (unpaired) electrons. The fraction of sp³-hybridized carbons (Fsp3) is 0.125. The van der Waals surface area contributed by atoms with E-state index in [1.54, 1.807) is 49.4 Å². The minimum Gasteiger partial charge on any atom is -0.465 e. The molecule has 0 spiro atoms. The first kappa shape index (κ1) is 15.4. The molecule has 2 rings (SSSR count). The summed E-state index contributed by atoms with van der Waals surface area (Å²) in [7, 11) is 0. The van der Waals surface area contributed by atoms with Gasteiger partial charge < -0.3 is 9.84 Å². The molecule has 0 atom stereocenters. The van der Waals surface area contributed by atoms with Crippen LogP contribution in [0.15, 0.2) is 54.6 Å². The highest BCUT2D eigenvalue weighted by Gasteiger charge is 2.13. The summed E-state index contributed by atoms with van der Waals surface area (Å²) in [6, 6.07) is 15.3. The van der Waals surface area contributed by atoms with Crippen LogP contribution in [0.1, 0.15) is 6.92 Å². The van der Waals surface area contributed by atoms with Gasteiger partial charge in [0.2, 0.25) is 0 Å². The number of carbonyl (C=O) groups excluding carboxylic acids is 1. The third-order valence-electron chi connectivity index (χ3n) is 2.91. The number of carboxylic acid groups (broad SMARTS) is 1. The Labute approximate surface area is 127 Å². The molecule has 0 bridgehead atoms. The standard InChI is InChI=1S/C16H16N2O4/c1-2-18(16(20)21)13-9-6-10-14(11-13)22-15(19)17-12-7-4-3-5-8-12/h3-11H,2H2,1H3,(H,17,19)(H,20,21). The molecule has 0 aliphatic carbocycles. The van der Waals surface area contributed by atoms with Crippen molar-refractivity contribution < 1.29 is 19.4 Å². The minimum absolute atomic E-state index is 0.269. The van der Waals surface area contributed by atoms with E-state index in [-0.39, 0.29) is 5.75 Å². The van der Waals surface area contributed by atoms with Gasteiger partial charge in [-0.1, -0.05) is 24.3 Å². The van der Waals surface area contributed by atoms with Crippen LogP contribution in [0.5, 0.6) is 5.75 Å². The maximum absolute atomic E-state index is 11.8. The number of hydrogen-bond acceptors (Lipinski definition) is 3. The van der Waals surface area contributed by atoms with Gasteiger partial charge >= 0.3 is 12.2 Å². The van der Waals surface area contributed by atoms with Gasteiger partial charge in [-0.05, 0) is 31.2 Å². The zero-order valence-corrected chi connectivity index (χ0v) is 12.0. The number of anilines is 2. The largest absolute Gasteiger partial charge is 0.465 e. The van der Waals surface area contributed by atoms with Gasteiger partial charge in [0.1, 0.15) is 5.75 Å². The Kier molecular flexibility index (Phi) is 4.98. The zero-order chi connectivity index (χ0) is 15.9. The number of nitrogens with zero attached hydrogens (tertiary/aromatic N) is 1. The van der Waals surface area contributed by atoms with E-state index in [1.165, 1.54) is 6.07 Å². The van der Waals surface area contributed by atoms with Crippen LogP contribution in [-0.2, 0) is 0 Å². The smallest absolute Gasteiger partial charge is 0.417 e. The third-order valence-corrected chi connectivity index (χ3v) is 2.91. The summed E-state index contributed by atoms with van der Waals surface area (Å²) in [5, 5.41) is 11.7. The molecule has 0 fully saturated rings. The van der Waals surface area contributed by atoms with Crippen molar-refractivity contribution in [1.29, 1.82) is 0 Å². The van der Waals surface area contributed by atoms with E-state index in [0.29, 0.717) is 17.9 Å². The van der Waals surface area contributed by atoms with Crippen molar-refractivity contribution in [3.8, 4) is 5.75 Å². The maximum Gasteiger partial charge on any atom is 0.417 e. The molecular weight excluding hydrogens is 284 g/mol. The lowest BCUT2D eigenvalue weighted by Gasteiger charge is -2.17. The lowest BCUT2D eigenvalue weighted by atomic mass is 10.3. The van der Waals surface area contributed by atoms with Gasteiger partial charge in [-0.3, -0.25) is 10.2 Å². The summed E-state index contributed by atoms with van der Waals surface area (Å²) >= 11 is 0. The normalized spacial score (nSPS) is 9.86. The number of hydrogen-bond donors (Lipinski definition) is 2. The predicted molar refractivity (Wildman–Crippen MR) is 83.6 cm³/mol. The summed E-state index contributed by atoms with van der Waals surface area (Å²) in [6.07, 6.45) is -1.70. The molecule has 114 valence electrons. The number of amides is 2. The molecule has 0 heterocycles. The van der Waals surface area contributed by atoms with Crippen molar-refractivity contribution in [2.24, 2.45) is 0 Å². The SMILES string of the molecule is CCN(C(=O)O)c1cccc(OC(=O)Nc2ccccc2)c1. The van der Waals surface area contributed by atoms with Crippen LogP contribution in [0, 0.1) is 0 Å². The Morgan fingerprint density at radius 1 is 1.14 bits per heavy atom. The third kappa shape index (κ3) is 3.99. The highest BCUT2D eigenvalue weighted by atomic mass is 16.6. The molecule has 22 heavy (non-hydrogen) atoms. The minimum atomic E-state index is -1.06. The van der Waals surface area contributed by atoms with E-state index < -0.39 is 12.2 Å². The molecule has 6 nitrogen and oxygen atoms in total. The van der Waals surface area contributed by atoms with Gasteiger partial charge in [0, 0.05) is 18.3 Å². The summed E-state index contributed by atoms with van der Waals surface area (Å²) in [4.78, 5) is 24.1. The van der Waals surface area contributed by atoms with Gasteiger partial charge in [-0.25, -0.2) is 9.59 Å². The van der Waals surface area contributed by atoms with E-state index in [9.17, 15) is 9.59 Å². The Morgan fingerprint density at radius 3 is 2.50 bits per heavy atom. The fourth-order valence-electron chi connectivity index (χ4n) is 1.92. The molecule has 6 heteroatoms. The molecule has 0 aliphatic rings. The van der Waals surface area contributed by atoms with E-state index in [2.05, 4.69) is 5.32 Å². The van der Waals surface area contributed by atoms with Gasteiger partial charge in [0.25, 0.3) is 0 Å². The zero-order valence-electron chi connectivity index (χ0n) is 12.0. The summed E-state index contributed by atoms with van der Waals surface area (Å²) < 4.78 is 5.16. The Bertz CT molecular complexity index is 658. The van der Waals surface area contributed by atoms with Gasteiger partial charge in [-0.15, -0.1) is 0 Å². The van der Waals surface area contributed by atoms with Crippen LogP contribution in [0.3, 0.4) is 0 Å². The summed E-state index contributed by atoms with van der Waals surface area (Å²) in [6.45, 7) is 2.03. The second-order valence-electron chi connectivity index (χ2n) is 4.40. The van der Waals surface area contributed by atoms with Crippen molar-refractivity contribution in [3.63, 3.8) is 0 Å². The molecule has 2 aromatic rings. The van der Waals surface area contributed by atoms with Crippen LogP contribution < -0.4 is 15.0 Å². The van der Waals surface area contributed by atoms with Gasteiger partial charge in [0.15, 0.2) is 0 Å². The average Bonchev–Trinajstić information content (AvgIpc) is 2.49. The number of nitrogens with one attached hydrogen (secondary N) is 1. The van der Waals surface area contributed by atoms with E-state index >= 15 is 0 Å². The van der Waals surface area contributed by atoms with Crippen LogP contribution in [0.2, 0.25) is 0 Å². The monoisotopic (exact) mass is 300 g/mol. The topological polar surface area (TPSA) is 78.9 Å². The molecule has 0 saturated carbocycles. The molecule has 0 saturated heterocycles. The van der Waals surface area contributed by atoms with Crippen LogP contribution >= 0.6 is 0 Å². The first-order chi connectivity index (χ1) is 10.6. The van der Waals surface area contributed by atoms with E-state index in [4.69, 9.17) is 9.84 Å². The van der Waals surface area contributed by atoms with Crippen molar-refractivity contribution in [3.05, 3.63) is 54.6 Å². The number of para-hydroxylation sites is 1. The van der Waals surface area contributed by atoms with Crippen LogP contribution in [-0.4, -0.2) is 23.8 Å². The lowest BCUT2D eigenvalue weighted by molar-refractivity contribution is 0.202. The predicted octanol–water partition coefficient (Wildman–Crippen LogP) is 3.80. The van der Waals surface area contributed by atoms with Crippen molar-refractivity contribution in [2.75, 3.05) is 16.8 Å². The lowest BCUT2D eigenvalue weighted by Crippen LogP contribution is -2.28. The van der Waals surface area contributed by atoms with Gasteiger partial charge in [0.05, 0.1) is 5.69 Å². The van der Waals surface area contributed by atoms with Gasteiger partial charge in [-0.2, -0.15) is 0 Å². The molecule has 2 N–H and O–H groups in total. The van der Waals surface area contributed by atoms with E-state index in [0.717, 1.165) is 4.90 Å². The molecule has 2 aromatic carbocycles. The first-order valence-electron chi connectivity index (χ1n) is 6.74. The first-order valence-corrected chi connectivity index (χ1v) is 6.74. The van der Waals surface area contributed by atoms with E-state index in [1.807, 2.05) is 6.07 Å². The highest BCUT2D eigenvalue weighted by molar-refractivity contribution is 5.88. The number of carbonyl (C=O) groups is 2. The maximum atomic E-state index is 11.8. The number of benzene rings is 2. The van der Waals surface area contributed by atoms with Crippen LogP contribution in [0.4, 0.5) is 21.0 Å². The molecule has 0 unspecified atom stereocenters. The number of rotatable bonds is 4. The van der Waals surface area contributed by atoms with Crippen molar-refractivity contribution in [2.45, 2.75) is 6.92 Å². The second kappa shape index (κ2) is 7.12. The summed E-state index contributed by atoms with van der Waals surface area (Å²) in [5.41, 5.74) is 1.06. The second-order valence-corrected chi connectivity index (χ2v) is 4.40. The number of ether oxygens (including phenoxy) is 1. The van der Waals surface area contributed by atoms with Crippen molar-refractivity contribution >= 4 is 23.6 Å².